The molecule has 7 heteroatoms. The minimum absolute atomic E-state index is 0.164. The first-order valence-electron chi connectivity index (χ1n) is 9.44. The van der Waals surface area contributed by atoms with Gasteiger partial charge in [0.2, 0.25) is 5.78 Å². The molecule has 0 N–H and O–H groups in total. The monoisotopic (exact) mass is 406 g/mol. The van der Waals surface area contributed by atoms with Gasteiger partial charge < -0.3 is 9.30 Å². The third kappa shape index (κ3) is 4.30. The van der Waals surface area contributed by atoms with E-state index in [1.807, 2.05) is 48.7 Å². The molecule has 1 aromatic heterocycles. The lowest BCUT2D eigenvalue weighted by Gasteiger charge is -2.10. The van der Waals surface area contributed by atoms with Crippen molar-refractivity contribution in [3.05, 3.63) is 98.4 Å². The van der Waals surface area contributed by atoms with Crippen LogP contribution in [-0.4, -0.2) is 27.8 Å². The Morgan fingerprint density at radius 1 is 1.00 bits per heavy atom. The van der Waals surface area contributed by atoms with Gasteiger partial charge in [-0.3, -0.25) is 14.9 Å². The average Bonchev–Trinajstić information content (AvgIpc) is 3.00. The van der Waals surface area contributed by atoms with E-state index < -0.39 is 17.5 Å². The predicted molar refractivity (Wildman–Crippen MR) is 112 cm³/mol. The smallest absolute Gasteiger partial charge is 0.345 e. The van der Waals surface area contributed by atoms with Gasteiger partial charge in [0.1, 0.15) is 5.56 Å². The van der Waals surface area contributed by atoms with Crippen molar-refractivity contribution in [2.75, 3.05) is 6.61 Å². The van der Waals surface area contributed by atoms with Crippen molar-refractivity contribution in [3.63, 3.8) is 0 Å². The number of nitro benzene ring substituents is 1. The fraction of sp³-hybridized carbons (Fsp3) is 0.217. The third-order valence-electron chi connectivity index (χ3n) is 5.03. The lowest BCUT2D eigenvalue weighted by molar-refractivity contribution is -0.385. The molecule has 154 valence electrons. The van der Waals surface area contributed by atoms with Gasteiger partial charge in [0.05, 0.1) is 4.92 Å². The largest absolute Gasteiger partial charge is 0.454 e. The van der Waals surface area contributed by atoms with Crippen LogP contribution in [0.1, 0.15) is 43.2 Å². The second kappa shape index (κ2) is 8.73. The van der Waals surface area contributed by atoms with E-state index in [2.05, 4.69) is 0 Å². The van der Waals surface area contributed by atoms with Crippen LogP contribution in [0.25, 0.3) is 0 Å². The molecule has 3 rings (SSSR count). The summed E-state index contributed by atoms with van der Waals surface area (Å²) in [6, 6.07) is 16.1. The van der Waals surface area contributed by atoms with Crippen LogP contribution >= 0.6 is 0 Å². The molecule has 0 radical (unpaired) electrons. The van der Waals surface area contributed by atoms with Gasteiger partial charge in [0, 0.05) is 29.1 Å². The Morgan fingerprint density at radius 2 is 1.70 bits per heavy atom. The number of nitro groups is 1. The molecule has 3 aromatic rings. The van der Waals surface area contributed by atoms with Crippen molar-refractivity contribution in [2.24, 2.45) is 0 Å². The molecular formula is C23H22N2O5. The molecule has 0 spiro atoms. The number of carbonyl (C=O) groups excluding carboxylic acids is 2. The van der Waals surface area contributed by atoms with Crippen molar-refractivity contribution in [2.45, 2.75) is 27.3 Å². The highest BCUT2D eigenvalue weighted by Crippen LogP contribution is 2.24. The van der Waals surface area contributed by atoms with Crippen LogP contribution in [-0.2, 0) is 11.3 Å². The van der Waals surface area contributed by atoms with Gasteiger partial charge in [-0.05, 0) is 38.5 Å². The van der Waals surface area contributed by atoms with Gasteiger partial charge in [-0.1, -0.05) is 42.5 Å². The minimum Gasteiger partial charge on any atom is -0.454 e. The Balaban J connectivity index is 1.75. The first-order chi connectivity index (χ1) is 14.3. The van der Waals surface area contributed by atoms with Crippen molar-refractivity contribution < 1.29 is 19.2 Å². The maximum atomic E-state index is 12.7. The molecule has 0 aliphatic carbocycles. The summed E-state index contributed by atoms with van der Waals surface area (Å²) in [5, 5.41) is 11.3. The summed E-state index contributed by atoms with van der Waals surface area (Å²) in [4.78, 5) is 35.7. The third-order valence-corrected chi connectivity index (χ3v) is 5.03. The van der Waals surface area contributed by atoms with Gasteiger partial charge in [0.25, 0.3) is 5.69 Å². The van der Waals surface area contributed by atoms with Crippen LogP contribution in [0.2, 0.25) is 0 Å². The normalized spacial score (nSPS) is 10.6. The maximum Gasteiger partial charge on any atom is 0.345 e. The van der Waals surface area contributed by atoms with Crippen molar-refractivity contribution in [1.82, 2.24) is 4.57 Å². The Morgan fingerprint density at radius 3 is 2.37 bits per heavy atom. The molecule has 30 heavy (non-hydrogen) atoms. The van der Waals surface area contributed by atoms with Gasteiger partial charge in [0.15, 0.2) is 6.61 Å². The zero-order valence-electron chi connectivity index (χ0n) is 17.0. The summed E-state index contributed by atoms with van der Waals surface area (Å²) in [5.74, 6) is -1.25. The quantitative estimate of drug-likeness (QED) is 0.251. The molecule has 0 amide bonds. The van der Waals surface area contributed by atoms with E-state index in [1.54, 1.807) is 19.1 Å². The summed E-state index contributed by atoms with van der Waals surface area (Å²) in [6.45, 7) is 5.44. The van der Waals surface area contributed by atoms with Crippen molar-refractivity contribution >= 4 is 17.4 Å². The SMILES string of the molecule is Cc1cccc(C(=O)OCC(=O)c2cc(C)n(Cc3ccccc3)c2C)c1[N+](=O)[O-]. The van der Waals surface area contributed by atoms with Crippen LogP contribution < -0.4 is 0 Å². The van der Waals surface area contributed by atoms with Crippen LogP contribution in [0, 0.1) is 30.9 Å². The predicted octanol–water partition coefficient (Wildman–Crippen LogP) is 4.41. The Kier molecular flexibility index (Phi) is 6.11. The summed E-state index contributed by atoms with van der Waals surface area (Å²) in [5.41, 5.74) is 3.15. The Bertz CT molecular complexity index is 1120. The van der Waals surface area contributed by atoms with E-state index in [0.29, 0.717) is 17.7 Å². The molecule has 0 atom stereocenters. The molecule has 0 aliphatic heterocycles. The van der Waals surface area contributed by atoms with Crippen LogP contribution in [0.5, 0.6) is 0 Å². The summed E-state index contributed by atoms with van der Waals surface area (Å²) >= 11 is 0. The second-order valence-electron chi connectivity index (χ2n) is 7.08. The Labute approximate surface area is 174 Å². The number of esters is 1. The van der Waals surface area contributed by atoms with E-state index in [4.69, 9.17) is 4.74 Å². The second-order valence-corrected chi connectivity index (χ2v) is 7.08. The number of para-hydroxylation sites is 1. The molecule has 2 aromatic carbocycles. The number of carbonyl (C=O) groups is 2. The number of aryl methyl sites for hydroxylation is 2. The highest BCUT2D eigenvalue weighted by molar-refractivity contribution is 6.01. The summed E-state index contributed by atoms with van der Waals surface area (Å²) < 4.78 is 7.13. The molecular weight excluding hydrogens is 384 g/mol. The summed E-state index contributed by atoms with van der Waals surface area (Å²) in [7, 11) is 0. The van der Waals surface area contributed by atoms with Crippen LogP contribution in [0.4, 0.5) is 5.69 Å². The fourth-order valence-electron chi connectivity index (χ4n) is 3.45. The lowest BCUT2D eigenvalue weighted by atomic mass is 10.1. The number of Topliss-reactive ketones (excluding diaryl/α,β-unsaturated/α-hetero) is 1. The van der Waals surface area contributed by atoms with E-state index in [-0.39, 0.29) is 17.0 Å². The topological polar surface area (TPSA) is 91.4 Å². The van der Waals surface area contributed by atoms with E-state index in [9.17, 15) is 19.7 Å². The molecule has 0 saturated heterocycles. The highest BCUT2D eigenvalue weighted by Gasteiger charge is 2.25. The number of ketones is 1. The molecule has 0 saturated carbocycles. The molecule has 0 unspecified atom stereocenters. The average molecular weight is 406 g/mol. The minimum atomic E-state index is -0.892. The van der Waals surface area contributed by atoms with Gasteiger partial charge in [-0.2, -0.15) is 0 Å². The van der Waals surface area contributed by atoms with Gasteiger partial charge in [-0.25, -0.2) is 4.79 Å². The molecule has 1 heterocycles. The lowest BCUT2D eigenvalue weighted by Crippen LogP contribution is -2.16. The standard InChI is InChI=1S/C23H22N2O5/c1-15-8-7-11-19(22(15)25(28)29)23(27)30-14-21(26)20-12-16(2)24(17(20)3)13-18-9-5-4-6-10-18/h4-12H,13-14H2,1-3H3. The first-order valence-corrected chi connectivity index (χ1v) is 9.44. The van der Waals surface area contributed by atoms with Crippen molar-refractivity contribution in [3.8, 4) is 0 Å². The number of ether oxygens (including phenoxy) is 1. The van der Waals surface area contributed by atoms with Crippen molar-refractivity contribution in [1.29, 1.82) is 0 Å². The van der Waals surface area contributed by atoms with Gasteiger partial charge in [-0.15, -0.1) is 0 Å². The van der Waals surface area contributed by atoms with Crippen LogP contribution in [0.3, 0.4) is 0 Å². The number of aromatic nitrogens is 1. The van der Waals surface area contributed by atoms with Gasteiger partial charge >= 0.3 is 5.97 Å². The van der Waals surface area contributed by atoms with E-state index in [0.717, 1.165) is 17.0 Å². The van der Waals surface area contributed by atoms with E-state index in [1.165, 1.54) is 12.1 Å². The summed E-state index contributed by atoms with van der Waals surface area (Å²) in [6.07, 6.45) is 0. The molecule has 0 aliphatic rings. The number of nitrogens with zero attached hydrogens (tertiary/aromatic N) is 2. The zero-order valence-corrected chi connectivity index (χ0v) is 17.0. The van der Waals surface area contributed by atoms with Crippen LogP contribution in [0.15, 0.2) is 54.6 Å². The maximum absolute atomic E-state index is 12.7. The number of benzene rings is 2. The zero-order chi connectivity index (χ0) is 21.8. The highest BCUT2D eigenvalue weighted by atomic mass is 16.6. The number of hydrogen-bond acceptors (Lipinski definition) is 5. The van der Waals surface area contributed by atoms with E-state index >= 15 is 0 Å². The number of hydrogen-bond donors (Lipinski definition) is 0. The fourth-order valence-corrected chi connectivity index (χ4v) is 3.45. The first kappa shape index (κ1) is 21.0. The number of rotatable bonds is 7. The molecule has 0 bridgehead atoms. The molecule has 0 fully saturated rings. The Hall–Kier alpha value is -3.74. The molecule has 7 nitrogen and oxygen atoms in total.